The van der Waals surface area contributed by atoms with E-state index in [9.17, 15) is 0 Å². The standard InChI is InChI=1S/C18H14ClNOS/c19-17-5-2-13(3-6-17)9-21-10-16-12-22-11-15-4-1-14(8-20)7-18(15)16/h1-7,12H,9-11H2. The van der Waals surface area contributed by atoms with Gasteiger partial charge in [-0.2, -0.15) is 5.26 Å². The maximum atomic E-state index is 9.06. The van der Waals surface area contributed by atoms with Crippen molar-refractivity contribution in [3.63, 3.8) is 0 Å². The van der Waals surface area contributed by atoms with Gasteiger partial charge < -0.3 is 4.74 Å². The molecule has 0 atom stereocenters. The Hall–Kier alpha value is -1.73. The Balaban J connectivity index is 1.67. The highest BCUT2D eigenvalue weighted by atomic mass is 35.5. The van der Waals surface area contributed by atoms with Gasteiger partial charge in [0.25, 0.3) is 0 Å². The molecule has 0 saturated heterocycles. The van der Waals surface area contributed by atoms with E-state index in [0.29, 0.717) is 18.8 Å². The molecule has 0 unspecified atom stereocenters. The lowest BCUT2D eigenvalue weighted by molar-refractivity contribution is 0.153. The van der Waals surface area contributed by atoms with Crippen LogP contribution in [0.4, 0.5) is 0 Å². The molecule has 22 heavy (non-hydrogen) atoms. The maximum absolute atomic E-state index is 9.06. The van der Waals surface area contributed by atoms with E-state index < -0.39 is 0 Å². The largest absolute Gasteiger partial charge is 0.372 e. The highest BCUT2D eigenvalue weighted by Gasteiger charge is 2.13. The van der Waals surface area contributed by atoms with Crippen LogP contribution in [0.25, 0.3) is 5.57 Å². The van der Waals surface area contributed by atoms with Gasteiger partial charge in [-0.15, -0.1) is 11.8 Å². The minimum Gasteiger partial charge on any atom is -0.372 e. The van der Waals surface area contributed by atoms with Gasteiger partial charge in [0.15, 0.2) is 0 Å². The molecule has 110 valence electrons. The molecule has 1 aliphatic rings. The number of benzene rings is 2. The van der Waals surface area contributed by atoms with Crippen LogP contribution in [0.1, 0.15) is 22.3 Å². The third-order valence-electron chi connectivity index (χ3n) is 3.49. The summed E-state index contributed by atoms with van der Waals surface area (Å²) in [6.45, 7) is 1.09. The van der Waals surface area contributed by atoms with Crippen LogP contribution >= 0.6 is 23.4 Å². The van der Waals surface area contributed by atoms with E-state index in [1.54, 1.807) is 11.8 Å². The number of rotatable bonds is 4. The molecule has 0 N–H and O–H groups in total. The van der Waals surface area contributed by atoms with Crippen molar-refractivity contribution in [2.45, 2.75) is 12.4 Å². The second kappa shape index (κ2) is 7.02. The van der Waals surface area contributed by atoms with Crippen molar-refractivity contribution in [3.8, 4) is 6.07 Å². The molecular formula is C18H14ClNOS. The van der Waals surface area contributed by atoms with E-state index in [2.05, 4.69) is 11.5 Å². The van der Waals surface area contributed by atoms with Gasteiger partial charge in [-0.25, -0.2) is 0 Å². The van der Waals surface area contributed by atoms with Crippen molar-refractivity contribution < 1.29 is 4.74 Å². The Bertz CT molecular complexity index is 747. The third kappa shape index (κ3) is 3.53. The minimum atomic E-state index is 0.539. The Morgan fingerprint density at radius 2 is 1.95 bits per heavy atom. The van der Waals surface area contributed by atoms with E-state index in [1.165, 1.54) is 5.56 Å². The van der Waals surface area contributed by atoms with Gasteiger partial charge in [-0.1, -0.05) is 29.8 Å². The number of hydrogen-bond donors (Lipinski definition) is 0. The summed E-state index contributed by atoms with van der Waals surface area (Å²) in [4.78, 5) is 0. The fourth-order valence-corrected chi connectivity index (χ4v) is 3.37. The van der Waals surface area contributed by atoms with Crippen molar-refractivity contribution in [3.05, 3.63) is 75.1 Å². The quantitative estimate of drug-likeness (QED) is 0.790. The molecule has 2 aromatic carbocycles. The predicted molar refractivity (Wildman–Crippen MR) is 91.5 cm³/mol. The fourth-order valence-electron chi connectivity index (χ4n) is 2.34. The Morgan fingerprint density at radius 1 is 1.14 bits per heavy atom. The summed E-state index contributed by atoms with van der Waals surface area (Å²) in [6.07, 6.45) is 0. The summed E-state index contributed by atoms with van der Waals surface area (Å²) in [5.41, 5.74) is 5.32. The topological polar surface area (TPSA) is 33.0 Å². The molecule has 2 aromatic rings. The van der Waals surface area contributed by atoms with Crippen molar-refractivity contribution in [1.82, 2.24) is 0 Å². The molecular weight excluding hydrogens is 314 g/mol. The molecule has 0 aromatic heterocycles. The number of thioether (sulfide) groups is 1. The molecule has 0 radical (unpaired) electrons. The highest BCUT2D eigenvalue weighted by Crippen LogP contribution is 2.32. The first-order valence-corrected chi connectivity index (χ1v) is 8.35. The van der Waals surface area contributed by atoms with E-state index in [0.717, 1.165) is 27.5 Å². The van der Waals surface area contributed by atoms with Gasteiger partial charge in [-0.3, -0.25) is 0 Å². The average Bonchev–Trinajstić information content (AvgIpc) is 2.56. The second-order valence-corrected chi connectivity index (χ2v) is 6.35. The summed E-state index contributed by atoms with van der Waals surface area (Å²) < 4.78 is 5.82. The first kappa shape index (κ1) is 15.2. The maximum Gasteiger partial charge on any atom is 0.0991 e. The molecule has 0 fully saturated rings. The number of ether oxygens (including phenoxy) is 1. The summed E-state index contributed by atoms with van der Waals surface area (Å²) in [5, 5.41) is 11.9. The third-order valence-corrected chi connectivity index (χ3v) is 4.67. The zero-order chi connectivity index (χ0) is 15.4. The van der Waals surface area contributed by atoms with E-state index in [-0.39, 0.29) is 0 Å². The monoisotopic (exact) mass is 327 g/mol. The molecule has 2 nitrogen and oxygen atoms in total. The van der Waals surface area contributed by atoms with Crippen molar-refractivity contribution in [1.29, 1.82) is 5.26 Å². The molecule has 0 aliphatic carbocycles. The van der Waals surface area contributed by atoms with Crippen LogP contribution < -0.4 is 0 Å². The summed E-state index contributed by atoms with van der Waals surface area (Å²) >= 11 is 7.64. The van der Waals surface area contributed by atoms with Crippen LogP contribution in [0.15, 0.2) is 47.9 Å². The second-order valence-electron chi connectivity index (χ2n) is 5.06. The van der Waals surface area contributed by atoms with Gasteiger partial charge in [0.1, 0.15) is 0 Å². The Morgan fingerprint density at radius 3 is 2.73 bits per heavy atom. The zero-order valence-electron chi connectivity index (χ0n) is 11.9. The number of fused-ring (bicyclic) bond motifs is 1. The normalized spacial score (nSPS) is 13.2. The first-order valence-electron chi connectivity index (χ1n) is 6.92. The van der Waals surface area contributed by atoms with Gasteiger partial charge >= 0.3 is 0 Å². The lowest BCUT2D eigenvalue weighted by atomic mass is 9.99. The molecule has 1 heterocycles. The Kier molecular flexibility index (Phi) is 4.84. The van der Waals surface area contributed by atoms with Gasteiger partial charge in [0, 0.05) is 10.8 Å². The molecule has 0 saturated carbocycles. The SMILES string of the molecule is N#Cc1ccc2c(c1)C(COCc1ccc(Cl)cc1)=CSC2. The number of halogens is 1. The van der Waals surface area contributed by atoms with Crippen molar-refractivity contribution in [2.24, 2.45) is 0 Å². The van der Waals surface area contributed by atoms with E-state index >= 15 is 0 Å². The zero-order valence-corrected chi connectivity index (χ0v) is 13.5. The van der Waals surface area contributed by atoms with Crippen molar-refractivity contribution in [2.75, 3.05) is 6.61 Å². The van der Waals surface area contributed by atoms with Crippen molar-refractivity contribution >= 4 is 28.9 Å². The number of nitriles is 1. The molecule has 4 heteroatoms. The van der Waals surface area contributed by atoms with Crippen LogP contribution in [0, 0.1) is 11.3 Å². The summed E-state index contributed by atoms with van der Waals surface area (Å²) in [7, 11) is 0. The van der Waals surface area contributed by atoms with Crippen LogP contribution in [0.2, 0.25) is 5.02 Å². The van der Waals surface area contributed by atoms with Gasteiger partial charge in [0.05, 0.1) is 24.8 Å². The highest BCUT2D eigenvalue weighted by molar-refractivity contribution is 8.01. The van der Waals surface area contributed by atoms with Crippen LogP contribution in [0.3, 0.4) is 0 Å². The molecule has 0 bridgehead atoms. The number of hydrogen-bond acceptors (Lipinski definition) is 3. The first-order chi connectivity index (χ1) is 10.8. The minimum absolute atomic E-state index is 0.539. The van der Waals surface area contributed by atoms with E-state index in [4.69, 9.17) is 21.6 Å². The molecule has 0 amide bonds. The molecule has 3 rings (SSSR count). The lowest BCUT2D eigenvalue weighted by Gasteiger charge is -2.18. The lowest BCUT2D eigenvalue weighted by Crippen LogP contribution is -2.04. The van der Waals surface area contributed by atoms with Crippen LogP contribution in [-0.4, -0.2) is 6.61 Å². The molecule has 1 aliphatic heterocycles. The average molecular weight is 328 g/mol. The van der Waals surface area contributed by atoms with E-state index in [1.807, 2.05) is 42.5 Å². The molecule has 0 spiro atoms. The predicted octanol–water partition coefficient (Wildman–Crippen LogP) is 5.02. The summed E-state index contributed by atoms with van der Waals surface area (Å²) in [5.74, 6) is 0.946. The smallest absolute Gasteiger partial charge is 0.0991 e. The van der Waals surface area contributed by atoms with Crippen LogP contribution in [-0.2, 0) is 17.1 Å². The van der Waals surface area contributed by atoms with Gasteiger partial charge in [0.2, 0.25) is 0 Å². The van der Waals surface area contributed by atoms with Crippen LogP contribution in [0.5, 0.6) is 0 Å². The number of nitrogens with zero attached hydrogens (tertiary/aromatic N) is 1. The fraction of sp³-hybridized carbons (Fsp3) is 0.167. The van der Waals surface area contributed by atoms with Gasteiger partial charge in [-0.05, 0) is 51.9 Å². The summed E-state index contributed by atoms with van der Waals surface area (Å²) in [6, 6.07) is 15.7. The Labute approximate surface area is 139 Å².